The first-order valence-corrected chi connectivity index (χ1v) is 7.99. The summed E-state index contributed by atoms with van der Waals surface area (Å²) in [7, 11) is 0. The number of hydrogen-bond acceptors (Lipinski definition) is 0. The summed E-state index contributed by atoms with van der Waals surface area (Å²) < 4.78 is 4.84. The van der Waals surface area contributed by atoms with Gasteiger partial charge in [0.05, 0.1) is 0 Å². The second-order valence-electron chi connectivity index (χ2n) is 3.00. The van der Waals surface area contributed by atoms with Crippen molar-refractivity contribution in [1.29, 1.82) is 0 Å². The van der Waals surface area contributed by atoms with Crippen LogP contribution in [0.5, 0.6) is 0 Å². The number of hydrogen-bond donors (Lipinski definition) is 0. The van der Waals surface area contributed by atoms with Gasteiger partial charge >= 0.3 is 72.1 Å². The van der Waals surface area contributed by atoms with E-state index in [0.29, 0.717) is 0 Å². The predicted molar refractivity (Wildman–Crippen MR) is 45.3 cm³/mol. The van der Waals surface area contributed by atoms with Crippen LogP contribution in [-0.4, -0.2) is 0 Å². The third-order valence-corrected chi connectivity index (χ3v) is 7.47. The van der Waals surface area contributed by atoms with Gasteiger partial charge in [0.1, 0.15) is 0 Å². The quantitative estimate of drug-likeness (QED) is 0.536. The van der Waals surface area contributed by atoms with Crippen molar-refractivity contribution in [3.05, 3.63) is 0 Å². The normalized spacial score (nSPS) is 9.90. The second kappa shape index (κ2) is 7.82. The summed E-state index contributed by atoms with van der Waals surface area (Å²) in [6.07, 6.45) is 4.32. The molecule has 0 saturated heterocycles. The van der Waals surface area contributed by atoms with E-state index in [1.54, 1.807) is 14.2 Å². The molecular weight excluding hydrogens is 156 g/mol. The van der Waals surface area contributed by atoms with Gasteiger partial charge in [-0.15, -0.1) is 0 Å². The molecule has 0 nitrogen and oxygen atoms in total. The van der Waals surface area contributed by atoms with E-state index in [1.165, 1.54) is 19.3 Å². The summed E-state index contributed by atoms with van der Waals surface area (Å²) in [6, 6.07) is 0. The fourth-order valence-electron chi connectivity index (χ4n) is 1.44. The minimum atomic E-state index is -0.486. The Morgan fingerprint density at radius 2 is 1.00 bits per heavy atom. The van der Waals surface area contributed by atoms with Gasteiger partial charge in [0.2, 0.25) is 0 Å². The Morgan fingerprint density at radius 3 is 1.20 bits per heavy atom. The topological polar surface area (TPSA) is 0 Å². The van der Waals surface area contributed by atoms with E-state index in [0.717, 1.165) is 0 Å². The minimum absolute atomic E-state index is 0.486. The maximum atomic E-state index is 2.33. The zero-order valence-corrected chi connectivity index (χ0v) is 9.30. The number of rotatable bonds is 6. The van der Waals surface area contributed by atoms with E-state index in [2.05, 4.69) is 20.8 Å². The Labute approximate surface area is 72.2 Å². The van der Waals surface area contributed by atoms with Gasteiger partial charge in [-0.2, -0.15) is 0 Å². The third-order valence-electron chi connectivity index (χ3n) is 1.81. The molecule has 0 aliphatic rings. The molecule has 0 aliphatic carbocycles. The average Bonchev–Trinajstić information content (AvgIpc) is 1.90. The first-order valence-electron chi connectivity index (χ1n) is 4.68. The molecule has 0 aliphatic heterocycles. The van der Waals surface area contributed by atoms with Crippen LogP contribution in [0.15, 0.2) is 0 Å². The Bertz CT molecular complexity index is 47.5. The van der Waals surface area contributed by atoms with Crippen molar-refractivity contribution in [2.75, 3.05) is 0 Å². The molecule has 0 unspecified atom stereocenters. The van der Waals surface area contributed by atoms with Gasteiger partial charge in [0, 0.05) is 0 Å². The maximum absolute atomic E-state index is 2.33. The third kappa shape index (κ3) is 5.50. The molecule has 0 fully saturated rings. The SMILES string of the molecule is CC[CH2][Ti]([CH2]CC)[CH2]CC. The molecule has 0 spiro atoms. The van der Waals surface area contributed by atoms with Crippen molar-refractivity contribution < 1.29 is 17.9 Å². The fraction of sp³-hybridized carbons (Fsp3) is 1.00. The van der Waals surface area contributed by atoms with Crippen molar-refractivity contribution in [2.45, 2.75) is 54.2 Å². The van der Waals surface area contributed by atoms with Gasteiger partial charge in [0.25, 0.3) is 0 Å². The van der Waals surface area contributed by atoms with Gasteiger partial charge in [-0.3, -0.25) is 0 Å². The standard InChI is InChI=1S/3C3H7.Ti/c3*1-3-2;/h3*1,3H2,2H3;. The van der Waals surface area contributed by atoms with E-state index >= 15 is 0 Å². The fourth-order valence-corrected chi connectivity index (χ4v) is 5.92. The molecule has 0 saturated carbocycles. The van der Waals surface area contributed by atoms with Crippen molar-refractivity contribution in [1.82, 2.24) is 0 Å². The van der Waals surface area contributed by atoms with Crippen LogP contribution in [0.1, 0.15) is 40.0 Å². The first kappa shape index (κ1) is 10.7. The Morgan fingerprint density at radius 1 is 0.700 bits per heavy atom. The molecule has 10 heavy (non-hydrogen) atoms. The zero-order chi connectivity index (χ0) is 7.82. The van der Waals surface area contributed by atoms with Gasteiger partial charge < -0.3 is 0 Å². The monoisotopic (exact) mass is 177 g/mol. The van der Waals surface area contributed by atoms with Crippen LogP contribution in [-0.2, 0) is 17.9 Å². The molecule has 0 bridgehead atoms. The summed E-state index contributed by atoms with van der Waals surface area (Å²) in [4.78, 5) is 0. The molecule has 0 aromatic carbocycles. The molecular formula is C9H21Ti. The molecule has 0 heterocycles. The van der Waals surface area contributed by atoms with Crippen LogP contribution >= 0.6 is 0 Å². The molecule has 61 valence electrons. The summed E-state index contributed by atoms with van der Waals surface area (Å²) >= 11 is -0.486. The molecule has 0 N–H and O–H groups in total. The molecule has 0 atom stereocenters. The van der Waals surface area contributed by atoms with Crippen LogP contribution < -0.4 is 0 Å². The van der Waals surface area contributed by atoms with E-state index < -0.39 is 17.9 Å². The van der Waals surface area contributed by atoms with Crippen LogP contribution in [0.2, 0.25) is 14.2 Å². The van der Waals surface area contributed by atoms with Crippen LogP contribution in [0.25, 0.3) is 0 Å². The first-order chi connectivity index (χ1) is 4.85. The summed E-state index contributed by atoms with van der Waals surface area (Å²) in [5.74, 6) is 0. The second-order valence-corrected chi connectivity index (χ2v) is 7.68. The van der Waals surface area contributed by atoms with Crippen LogP contribution in [0.4, 0.5) is 0 Å². The molecule has 0 aromatic heterocycles. The summed E-state index contributed by atoms with van der Waals surface area (Å²) in [5.41, 5.74) is 0. The van der Waals surface area contributed by atoms with E-state index in [-0.39, 0.29) is 0 Å². The van der Waals surface area contributed by atoms with Crippen molar-refractivity contribution in [2.24, 2.45) is 0 Å². The molecule has 0 aromatic rings. The summed E-state index contributed by atoms with van der Waals surface area (Å²) in [5, 5.41) is 0. The Balaban J connectivity index is 3.30. The molecule has 0 radical (unpaired) electrons. The average molecular weight is 177 g/mol. The Hall–Kier alpha value is 0.714. The van der Waals surface area contributed by atoms with E-state index in [9.17, 15) is 0 Å². The van der Waals surface area contributed by atoms with E-state index in [4.69, 9.17) is 0 Å². The van der Waals surface area contributed by atoms with Gasteiger partial charge in [0.15, 0.2) is 0 Å². The summed E-state index contributed by atoms with van der Waals surface area (Å²) in [6.45, 7) is 6.99. The van der Waals surface area contributed by atoms with Crippen LogP contribution in [0, 0.1) is 0 Å². The van der Waals surface area contributed by atoms with Crippen LogP contribution in [0.3, 0.4) is 0 Å². The molecule has 1 heteroatoms. The van der Waals surface area contributed by atoms with Crippen molar-refractivity contribution >= 4 is 0 Å². The molecule has 0 rings (SSSR count). The van der Waals surface area contributed by atoms with Gasteiger partial charge in [-0.05, 0) is 0 Å². The Kier molecular flexibility index (Phi) is 8.38. The van der Waals surface area contributed by atoms with Gasteiger partial charge in [-0.1, -0.05) is 0 Å². The zero-order valence-electron chi connectivity index (χ0n) is 7.74. The predicted octanol–water partition coefficient (Wildman–Crippen LogP) is 4.09. The molecule has 0 amide bonds. The van der Waals surface area contributed by atoms with Gasteiger partial charge in [-0.25, -0.2) is 0 Å². The van der Waals surface area contributed by atoms with Crippen molar-refractivity contribution in [3.8, 4) is 0 Å². The van der Waals surface area contributed by atoms with E-state index in [1.807, 2.05) is 0 Å². The van der Waals surface area contributed by atoms with Crippen molar-refractivity contribution in [3.63, 3.8) is 0 Å².